The number of nitriles is 1. The lowest BCUT2D eigenvalue weighted by atomic mass is 9.59. The third kappa shape index (κ3) is 3.36. The summed E-state index contributed by atoms with van der Waals surface area (Å²) < 4.78 is 100. The molecule has 0 atom stereocenters. The number of nitrogens with zero attached hydrogens (tertiary/aromatic N) is 1. The first-order valence-corrected chi connectivity index (χ1v) is 4.60. The van der Waals surface area contributed by atoms with Crippen LogP contribution in [0.3, 0.4) is 0 Å². The van der Waals surface area contributed by atoms with Crippen LogP contribution in [0.4, 0.5) is 35.0 Å². The van der Waals surface area contributed by atoms with Crippen LogP contribution in [0.15, 0.2) is 18.2 Å². The minimum Gasteiger partial charge on any atom is -0.461 e. The summed E-state index contributed by atoms with van der Waals surface area (Å²) in [6.45, 7) is -5.13. The topological polar surface area (TPSA) is 23.8 Å². The lowest BCUT2D eigenvalue weighted by Gasteiger charge is -2.20. The van der Waals surface area contributed by atoms with E-state index < -0.39 is 35.6 Å². The van der Waals surface area contributed by atoms with E-state index in [4.69, 9.17) is 5.26 Å². The van der Waals surface area contributed by atoms with Gasteiger partial charge in [0.05, 0.1) is 11.1 Å². The van der Waals surface area contributed by atoms with Gasteiger partial charge in [-0.05, 0) is 6.07 Å². The Labute approximate surface area is 101 Å². The summed E-state index contributed by atoms with van der Waals surface area (Å²) in [5.74, 6) is 0.409. The van der Waals surface area contributed by atoms with Crippen LogP contribution in [-0.4, -0.2) is 6.70 Å². The molecule has 0 amide bonds. The monoisotopic (exact) mass is 288 g/mol. The van der Waals surface area contributed by atoms with E-state index in [2.05, 4.69) is 0 Å². The highest BCUT2D eigenvalue weighted by molar-refractivity contribution is 6.86. The SMILES string of the molecule is N#C[B-](F)(F)c1cc(C(F)(F)F)cc(C(F)(F)F)c1. The van der Waals surface area contributed by atoms with Gasteiger partial charge in [-0.3, -0.25) is 0 Å². The Morgan fingerprint density at radius 1 is 0.842 bits per heavy atom. The van der Waals surface area contributed by atoms with Crippen LogP contribution in [0.1, 0.15) is 11.1 Å². The van der Waals surface area contributed by atoms with Crippen molar-refractivity contribution in [2.24, 2.45) is 0 Å². The van der Waals surface area contributed by atoms with Gasteiger partial charge >= 0.3 is 19.1 Å². The zero-order chi connectivity index (χ0) is 15.1. The minimum atomic E-state index is -5.22. The molecule has 0 saturated heterocycles. The summed E-state index contributed by atoms with van der Waals surface area (Å²) in [6, 6.07) is -0.593. The van der Waals surface area contributed by atoms with E-state index in [0.717, 1.165) is 0 Å². The molecule has 0 unspecified atom stereocenters. The second-order valence-electron chi connectivity index (χ2n) is 3.63. The van der Waals surface area contributed by atoms with Crippen LogP contribution in [0, 0.1) is 11.2 Å². The molecule has 104 valence electrons. The van der Waals surface area contributed by atoms with Crippen molar-refractivity contribution in [2.75, 3.05) is 0 Å². The Balaban J connectivity index is 3.56. The van der Waals surface area contributed by atoms with Gasteiger partial charge in [-0.15, -0.1) is 5.46 Å². The zero-order valence-corrected chi connectivity index (χ0v) is 8.78. The maximum atomic E-state index is 13.0. The highest BCUT2D eigenvalue weighted by Crippen LogP contribution is 2.35. The fraction of sp³-hybridized carbons (Fsp3) is 0.222. The third-order valence-electron chi connectivity index (χ3n) is 2.19. The van der Waals surface area contributed by atoms with Gasteiger partial charge in [-0.1, -0.05) is 18.1 Å². The molecule has 0 N–H and O–H groups in total. The number of alkyl halides is 6. The van der Waals surface area contributed by atoms with Crippen LogP contribution < -0.4 is 5.46 Å². The molecule has 0 aliphatic carbocycles. The van der Waals surface area contributed by atoms with E-state index in [1.807, 2.05) is 0 Å². The molecule has 0 radical (unpaired) electrons. The number of hydrogen-bond donors (Lipinski definition) is 0. The predicted molar refractivity (Wildman–Crippen MR) is 49.7 cm³/mol. The Morgan fingerprint density at radius 3 is 1.47 bits per heavy atom. The molecular formula is C9H3BF8N-. The number of benzene rings is 1. The maximum absolute atomic E-state index is 13.0. The minimum absolute atomic E-state index is 0.154. The molecule has 0 saturated carbocycles. The smallest absolute Gasteiger partial charge is 0.433 e. The van der Waals surface area contributed by atoms with E-state index in [9.17, 15) is 35.0 Å². The summed E-state index contributed by atoms with van der Waals surface area (Å²) in [5.41, 5.74) is -5.35. The average molecular weight is 288 g/mol. The van der Waals surface area contributed by atoms with Gasteiger partial charge in [0.2, 0.25) is 0 Å². The summed E-state index contributed by atoms with van der Waals surface area (Å²) >= 11 is 0. The molecule has 0 spiro atoms. The van der Waals surface area contributed by atoms with Crippen LogP contribution in [0.2, 0.25) is 0 Å². The Bertz CT molecular complexity index is 492. The zero-order valence-electron chi connectivity index (χ0n) is 8.78. The largest absolute Gasteiger partial charge is 0.461 e. The first-order valence-electron chi connectivity index (χ1n) is 4.60. The molecule has 0 aliphatic rings. The number of hydrogen-bond acceptors (Lipinski definition) is 1. The molecule has 0 fully saturated rings. The van der Waals surface area contributed by atoms with E-state index >= 15 is 0 Å². The Hall–Kier alpha value is -1.79. The molecule has 19 heavy (non-hydrogen) atoms. The summed E-state index contributed by atoms with van der Waals surface area (Å²) in [4.78, 5) is 0. The molecule has 10 heteroatoms. The predicted octanol–water partition coefficient (Wildman–Crippen LogP) is 3.38. The molecular weight excluding hydrogens is 285 g/mol. The fourth-order valence-electron chi connectivity index (χ4n) is 1.26. The van der Waals surface area contributed by atoms with Gasteiger partial charge in [0, 0.05) is 0 Å². The highest BCUT2D eigenvalue weighted by atomic mass is 19.4. The quantitative estimate of drug-likeness (QED) is 0.574. The second kappa shape index (κ2) is 4.40. The molecule has 0 heterocycles. The van der Waals surface area contributed by atoms with Crippen LogP contribution >= 0.6 is 0 Å². The first kappa shape index (κ1) is 15.3. The third-order valence-corrected chi connectivity index (χ3v) is 2.19. The van der Waals surface area contributed by atoms with Crippen molar-refractivity contribution in [3.63, 3.8) is 0 Å². The molecule has 1 nitrogen and oxygen atoms in total. The first-order chi connectivity index (χ1) is 8.38. The van der Waals surface area contributed by atoms with Crippen molar-refractivity contribution < 1.29 is 35.0 Å². The van der Waals surface area contributed by atoms with Gasteiger partial charge in [0.1, 0.15) is 0 Å². The summed E-state index contributed by atoms with van der Waals surface area (Å²) in [6.07, 6.45) is -10.4. The van der Waals surface area contributed by atoms with Crippen molar-refractivity contribution in [1.82, 2.24) is 0 Å². The van der Waals surface area contributed by atoms with E-state index in [1.165, 1.54) is 0 Å². The molecule has 0 bridgehead atoms. The lowest BCUT2D eigenvalue weighted by Crippen LogP contribution is -2.39. The normalized spacial score (nSPS) is 13.2. The highest BCUT2D eigenvalue weighted by Gasteiger charge is 2.39. The Morgan fingerprint density at radius 2 is 1.21 bits per heavy atom. The molecule has 1 rings (SSSR count). The molecule has 0 aromatic heterocycles. The molecule has 0 aliphatic heterocycles. The Kier molecular flexibility index (Phi) is 3.54. The van der Waals surface area contributed by atoms with Gasteiger partial charge in [0.15, 0.2) is 0 Å². The van der Waals surface area contributed by atoms with Crippen molar-refractivity contribution in [2.45, 2.75) is 12.4 Å². The van der Waals surface area contributed by atoms with Crippen LogP contribution in [0.5, 0.6) is 0 Å². The second-order valence-corrected chi connectivity index (χ2v) is 3.63. The van der Waals surface area contributed by atoms with E-state index in [1.54, 1.807) is 0 Å². The van der Waals surface area contributed by atoms with E-state index in [0.29, 0.717) is 5.97 Å². The number of halogens is 8. The molecule has 1 aromatic carbocycles. The average Bonchev–Trinajstić information content (AvgIpc) is 2.26. The number of rotatable bonds is 1. The van der Waals surface area contributed by atoms with Crippen molar-refractivity contribution in [1.29, 1.82) is 5.26 Å². The standard InChI is InChI=1S/C9H3BF8N/c11-8(12,13)5-1-6(9(14,15)16)3-7(2-5)10(17,18)4-19/h1-3H/q-1. The van der Waals surface area contributed by atoms with Gasteiger partial charge in [0.25, 0.3) is 0 Å². The molecule has 1 aromatic rings. The summed E-state index contributed by atoms with van der Waals surface area (Å²) in [7, 11) is 0. The maximum Gasteiger partial charge on any atom is 0.433 e. The fourth-order valence-corrected chi connectivity index (χ4v) is 1.26. The van der Waals surface area contributed by atoms with Crippen molar-refractivity contribution >= 4 is 12.2 Å². The van der Waals surface area contributed by atoms with Crippen LogP contribution in [0.25, 0.3) is 0 Å². The lowest BCUT2D eigenvalue weighted by molar-refractivity contribution is -0.142. The van der Waals surface area contributed by atoms with Crippen LogP contribution in [-0.2, 0) is 12.4 Å². The summed E-state index contributed by atoms with van der Waals surface area (Å²) in [5, 5.41) is 8.10. The van der Waals surface area contributed by atoms with Gasteiger partial charge in [-0.2, -0.15) is 26.3 Å². The van der Waals surface area contributed by atoms with Gasteiger partial charge in [-0.25, -0.2) is 5.26 Å². The van der Waals surface area contributed by atoms with E-state index in [-0.39, 0.29) is 18.2 Å². The van der Waals surface area contributed by atoms with Crippen molar-refractivity contribution in [3.05, 3.63) is 29.3 Å². The van der Waals surface area contributed by atoms with Crippen molar-refractivity contribution in [3.8, 4) is 5.97 Å². The van der Waals surface area contributed by atoms with Gasteiger partial charge < -0.3 is 8.63 Å².